The Morgan fingerprint density at radius 2 is 0.628 bits per heavy atom. The van der Waals surface area contributed by atoms with Gasteiger partial charge in [0.15, 0.2) is 21.2 Å². The molecule has 0 heterocycles. The van der Waals surface area contributed by atoms with Crippen LogP contribution in [-0.2, 0) is 23.5 Å². The molecule has 0 aliphatic rings. The lowest BCUT2D eigenvalue weighted by atomic mass is 10.2. The van der Waals surface area contributed by atoms with Gasteiger partial charge < -0.3 is 36.8 Å². The van der Waals surface area contributed by atoms with E-state index in [1.54, 1.807) is 0 Å². The zero-order valence-corrected chi connectivity index (χ0v) is 38.3. The molecule has 0 aromatic heterocycles. The third-order valence-corrected chi connectivity index (χ3v) is 9.02. The molecule has 0 unspecified atom stereocenters. The van der Waals surface area contributed by atoms with E-state index in [1.165, 1.54) is 14.1 Å². The third-order valence-electron chi connectivity index (χ3n) is 7.60. The molecule has 0 amide bonds. The fraction of sp³-hybridized carbons (Fsp3) is 0.138. The zero-order chi connectivity index (χ0) is 59.8. The van der Waals surface area contributed by atoms with Crippen molar-refractivity contribution < 1.29 is 98.2 Å². The van der Waals surface area contributed by atoms with Crippen LogP contribution in [0.25, 0.3) is 0 Å². The van der Waals surface area contributed by atoms with E-state index < -0.39 is 155 Å². The number of hydrogen-bond donors (Lipinski definition) is 3. The number of nitro groups is 12. The van der Waals surface area contributed by atoms with Crippen molar-refractivity contribution in [3.8, 4) is 0 Å². The molecule has 0 saturated carbocycles. The Balaban J connectivity index is 0. The number of carbonyl (C=O) groups is 1. The first-order valence-electron chi connectivity index (χ1n) is 17.8. The highest BCUT2D eigenvalue weighted by Crippen LogP contribution is 2.43. The van der Waals surface area contributed by atoms with Crippen molar-refractivity contribution in [2.45, 2.75) is 17.2 Å². The summed E-state index contributed by atoms with van der Waals surface area (Å²) in [6.45, 7) is -0.931. The third kappa shape index (κ3) is 19.9. The van der Waals surface area contributed by atoms with Crippen LogP contribution in [0.15, 0.2) is 58.3 Å². The number of carbonyl (C=O) groups excluding carboxylic acids is 1. The highest BCUT2D eigenvalue weighted by Gasteiger charge is 2.34. The van der Waals surface area contributed by atoms with E-state index in [-0.39, 0.29) is 37.2 Å². The Morgan fingerprint density at radius 1 is 0.423 bits per heavy atom. The molecular formula is C29H24N15O32S2-3. The Labute approximate surface area is 431 Å². The first-order chi connectivity index (χ1) is 35.9. The van der Waals surface area contributed by atoms with Crippen LogP contribution in [0.2, 0.25) is 0 Å². The topological polar surface area (TPSA) is 691 Å². The van der Waals surface area contributed by atoms with Crippen LogP contribution in [0.3, 0.4) is 0 Å². The van der Waals surface area contributed by atoms with Crippen LogP contribution < -0.4 is 32.0 Å². The number of nitrogens with two attached hydrogens (primary N) is 1. The Hall–Kier alpha value is -10.8. The van der Waals surface area contributed by atoms with Gasteiger partial charge in [-0.2, -0.15) is 8.67 Å². The van der Waals surface area contributed by atoms with E-state index in [9.17, 15) is 142 Å². The monoisotopic (exact) mass is 1160 g/mol. The van der Waals surface area contributed by atoms with Gasteiger partial charge in [-0.3, -0.25) is 131 Å². The summed E-state index contributed by atoms with van der Waals surface area (Å²) >= 11 is -0.180. The molecule has 0 atom stereocenters. The predicted octanol–water partition coefficient (Wildman–Crippen LogP) is 2.52. The lowest BCUT2D eigenvalue weighted by Crippen LogP contribution is -2.30. The molecule has 4 aromatic rings. The molecule has 4 aromatic carbocycles. The minimum absolute atomic E-state index is 0. The molecule has 4 rings (SSSR count). The Bertz CT molecular complexity index is 2780. The number of aliphatic carboxylic acids is 1. The average molecular weight is 1160 g/mol. The van der Waals surface area contributed by atoms with E-state index in [0.29, 0.717) is 48.5 Å². The minimum atomic E-state index is -1.66. The van der Waals surface area contributed by atoms with Crippen molar-refractivity contribution in [2.75, 3.05) is 31.3 Å². The van der Waals surface area contributed by atoms with Gasteiger partial charge in [-0.15, -0.1) is 0 Å². The zero-order valence-electron chi connectivity index (χ0n) is 36.7. The van der Waals surface area contributed by atoms with Gasteiger partial charge in [0.2, 0.25) is 0 Å². The quantitative estimate of drug-likeness (QED) is 0.0440. The normalized spacial score (nSPS) is 9.65. The molecule has 47 nitrogen and oxygen atoms in total. The molecule has 0 aliphatic carbocycles. The lowest BCUT2D eigenvalue weighted by Gasteiger charge is -2.08. The molecule has 78 heavy (non-hydrogen) atoms. The standard InChI is InChI=1S/C8H6N4O8.C7H6N4O6.2C6H3N3O9S.CH5N.CH4/c13-7(14)3-9-8-5(11(17)18)1-4(10(15)16)2-6(8)12(19)20;1-8-7-5(10(14)15)2-4(9(12)13)3-6(7)11(16)17;2*10-7(11)3-1-4(8(12)13)6(19-18-17-16)5(2-3)9(14)15;1-2;/h1-2,9H,3H2,(H,13,14);2-3,8H,1H3;2*1-2,16H;2H2,1H3;1H4/p-3. The summed E-state index contributed by atoms with van der Waals surface area (Å²) in [5, 5.41) is 167. The minimum Gasteiger partial charge on any atom is -0.691 e. The summed E-state index contributed by atoms with van der Waals surface area (Å²) < 4.78 is 7.57. The number of non-ortho nitro benzene ring substituents is 4. The largest absolute Gasteiger partial charge is 0.691 e. The summed E-state index contributed by atoms with van der Waals surface area (Å²) in [7, 11) is 2.75. The van der Waals surface area contributed by atoms with Crippen molar-refractivity contribution in [2.24, 2.45) is 5.73 Å². The number of nitrogens with zero attached hydrogens (tertiary/aromatic N) is 12. The van der Waals surface area contributed by atoms with Gasteiger partial charge in [0, 0.05) is 7.05 Å². The van der Waals surface area contributed by atoms with Crippen LogP contribution >= 0.6 is 24.1 Å². The first kappa shape index (κ1) is 69.2. The maximum absolute atomic E-state index is 10.8. The second kappa shape index (κ2) is 32.4. The SMILES string of the molecule is C.CN.CNc1c([N+](=O)[O-])cc([N+](=O)[O-])cc1[N+](=O)[O-].O=C([O-])CNc1c([N+](=O)[O-])cc([N+](=O)[O-])cc1[N+](=O)[O-].O=[N+]([O-])c1cc([N+](=O)[O-])c(SOO[O-])c([N+](=O)[O-])c1.O=[N+]([O-])c1cc([N+](=O)[O-])c(SOO[O-])c([N+](=O)[O-])c1. The van der Waals surface area contributed by atoms with Gasteiger partial charge in [0.05, 0.1) is 144 Å². The second-order valence-electron chi connectivity index (χ2n) is 11.8. The van der Waals surface area contributed by atoms with Gasteiger partial charge in [-0.25, -0.2) is 0 Å². The van der Waals surface area contributed by atoms with Crippen molar-refractivity contribution in [1.29, 1.82) is 0 Å². The lowest BCUT2D eigenvalue weighted by molar-refractivity contribution is -0.777. The predicted molar refractivity (Wildman–Crippen MR) is 242 cm³/mol. The van der Waals surface area contributed by atoms with Crippen molar-refractivity contribution >= 4 is 110 Å². The second-order valence-corrected chi connectivity index (χ2v) is 13.3. The maximum atomic E-state index is 10.8. The fourth-order valence-electron chi connectivity index (χ4n) is 4.77. The number of carboxylic acid groups (broad SMARTS) is 1. The summed E-state index contributed by atoms with van der Waals surface area (Å²) in [6, 6.07) is 4.33. The van der Waals surface area contributed by atoms with Crippen LogP contribution in [0.4, 0.5) is 79.6 Å². The van der Waals surface area contributed by atoms with Crippen molar-refractivity contribution in [3.63, 3.8) is 0 Å². The number of nitrogens with one attached hydrogen (secondary N) is 2. The van der Waals surface area contributed by atoms with Gasteiger partial charge in [-0.1, -0.05) is 7.43 Å². The number of carboxylic acids is 1. The van der Waals surface area contributed by atoms with E-state index in [4.69, 9.17) is 0 Å². The molecule has 49 heteroatoms. The van der Waals surface area contributed by atoms with E-state index in [0.717, 1.165) is 0 Å². The molecule has 0 radical (unpaired) electrons. The molecule has 0 bridgehead atoms. The first-order valence-corrected chi connectivity index (χ1v) is 19.3. The summed E-state index contributed by atoms with van der Waals surface area (Å²) in [6.07, 6.45) is 0. The summed E-state index contributed by atoms with van der Waals surface area (Å²) in [4.78, 5) is 124. The number of rotatable bonds is 22. The van der Waals surface area contributed by atoms with E-state index in [1.807, 2.05) is 5.32 Å². The number of hydrogen-bond acceptors (Lipinski definition) is 37. The average Bonchev–Trinajstić information content (AvgIpc) is 3.36. The molecule has 0 fully saturated rings. The van der Waals surface area contributed by atoms with Crippen LogP contribution in [-0.4, -0.2) is 85.7 Å². The van der Waals surface area contributed by atoms with E-state index >= 15 is 0 Å². The number of nitro benzene ring substituents is 12. The molecule has 422 valence electrons. The molecule has 0 spiro atoms. The summed E-state index contributed by atoms with van der Waals surface area (Å²) in [5.74, 6) is -1.66. The van der Waals surface area contributed by atoms with Crippen LogP contribution in [0, 0.1) is 121 Å². The highest BCUT2D eigenvalue weighted by atomic mass is 32.2. The van der Waals surface area contributed by atoms with Gasteiger partial charge in [0.25, 0.3) is 45.5 Å². The smallest absolute Gasteiger partial charge is 0.306 e. The van der Waals surface area contributed by atoms with Crippen molar-refractivity contribution in [1.82, 2.24) is 0 Å². The van der Waals surface area contributed by atoms with Crippen LogP contribution in [0.5, 0.6) is 0 Å². The fourth-order valence-corrected chi connectivity index (χ4v) is 5.83. The maximum Gasteiger partial charge on any atom is 0.306 e. The molecule has 0 aliphatic heterocycles. The number of benzene rings is 4. The highest BCUT2D eigenvalue weighted by molar-refractivity contribution is 7.95. The Morgan fingerprint density at radius 3 is 0.795 bits per heavy atom. The number of anilines is 2. The van der Waals surface area contributed by atoms with Gasteiger partial charge >= 0.3 is 22.7 Å². The van der Waals surface area contributed by atoms with Gasteiger partial charge in [-0.05, 0) is 7.05 Å². The van der Waals surface area contributed by atoms with E-state index in [2.05, 4.69) is 29.8 Å². The van der Waals surface area contributed by atoms with Gasteiger partial charge in [0.1, 0.15) is 0 Å². The Kier molecular flexibility index (Phi) is 28.7. The molecule has 4 N–H and O–H groups in total. The van der Waals surface area contributed by atoms with Crippen molar-refractivity contribution in [3.05, 3.63) is 170 Å². The molecule has 0 saturated heterocycles. The van der Waals surface area contributed by atoms with Crippen LogP contribution in [0.1, 0.15) is 7.43 Å². The molecular weight excluding hydrogens is 1130 g/mol. The summed E-state index contributed by atoms with van der Waals surface area (Å²) in [5.41, 5.74) is -7.07.